The number of amides is 3. The van der Waals surface area contributed by atoms with Crippen LogP contribution in [-0.4, -0.2) is 30.1 Å². The topological polar surface area (TPSA) is 96.5 Å². The van der Waals surface area contributed by atoms with E-state index in [1.165, 1.54) is 0 Å². The molecule has 1 rings (SSSR count). The minimum Gasteiger partial charge on any atom is -0.444 e. The third kappa shape index (κ3) is 8.01. The predicted molar refractivity (Wildman–Crippen MR) is 96.0 cm³/mol. The largest absolute Gasteiger partial charge is 0.444 e. The van der Waals surface area contributed by atoms with Crippen molar-refractivity contribution in [1.82, 2.24) is 10.6 Å². The normalized spacial score (nSPS) is 10.6. The summed E-state index contributed by atoms with van der Waals surface area (Å²) in [4.78, 5) is 35.1. The van der Waals surface area contributed by atoms with Crippen LogP contribution >= 0.6 is 0 Å². The number of hydrogen-bond acceptors (Lipinski definition) is 4. The molecular formula is C18H25N3O4. The predicted octanol–water partition coefficient (Wildman–Crippen LogP) is 2.34. The van der Waals surface area contributed by atoms with Crippen molar-refractivity contribution in [1.29, 1.82) is 0 Å². The van der Waals surface area contributed by atoms with Crippen LogP contribution in [0.15, 0.2) is 36.4 Å². The number of nitrogens with one attached hydrogen (secondary N) is 3. The Morgan fingerprint density at radius 1 is 1.12 bits per heavy atom. The molecule has 0 unspecified atom stereocenters. The molecule has 0 spiro atoms. The average molecular weight is 347 g/mol. The van der Waals surface area contributed by atoms with Gasteiger partial charge in [0.05, 0.1) is 0 Å². The maximum Gasteiger partial charge on any atom is 0.408 e. The molecule has 1 aromatic rings. The maximum absolute atomic E-state index is 11.8. The first kappa shape index (κ1) is 20.2. The van der Waals surface area contributed by atoms with Gasteiger partial charge in [-0.3, -0.25) is 9.59 Å². The number of alkyl carbamates (subject to hydrolysis) is 1. The Balaban J connectivity index is 2.52. The third-order valence-corrected chi connectivity index (χ3v) is 2.92. The lowest BCUT2D eigenvalue weighted by Gasteiger charge is -2.19. The molecule has 1 aromatic carbocycles. The first-order valence-electron chi connectivity index (χ1n) is 7.87. The highest BCUT2D eigenvalue weighted by Crippen LogP contribution is 2.15. The van der Waals surface area contributed by atoms with Crippen molar-refractivity contribution in [2.75, 3.05) is 11.9 Å². The average Bonchev–Trinajstić information content (AvgIpc) is 2.50. The van der Waals surface area contributed by atoms with E-state index in [-0.39, 0.29) is 24.9 Å². The van der Waals surface area contributed by atoms with Crippen molar-refractivity contribution in [3.05, 3.63) is 42.0 Å². The Bertz CT molecular complexity index is 663. The minimum atomic E-state index is -0.656. The number of anilines is 1. The Morgan fingerprint density at radius 3 is 2.36 bits per heavy atom. The zero-order chi connectivity index (χ0) is 19.0. The van der Waals surface area contributed by atoms with Gasteiger partial charge in [0.15, 0.2) is 0 Å². The lowest BCUT2D eigenvalue weighted by atomic mass is 10.1. The Morgan fingerprint density at radius 2 is 1.76 bits per heavy atom. The van der Waals surface area contributed by atoms with Gasteiger partial charge in [0.2, 0.25) is 5.91 Å². The van der Waals surface area contributed by atoms with Gasteiger partial charge in [-0.05, 0) is 39.3 Å². The van der Waals surface area contributed by atoms with E-state index in [1.807, 2.05) is 0 Å². The second-order valence-electron chi connectivity index (χ2n) is 6.52. The number of para-hydroxylation sites is 1. The molecule has 0 saturated heterocycles. The summed E-state index contributed by atoms with van der Waals surface area (Å²) < 4.78 is 5.05. The highest BCUT2D eigenvalue weighted by Gasteiger charge is 2.16. The second-order valence-corrected chi connectivity index (χ2v) is 6.52. The quantitative estimate of drug-likeness (QED) is 0.688. The van der Waals surface area contributed by atoms with Crippen molar-refractivity contribution in [2.24, 2.45) is 0 Å². The van der Waals surface area contributed by atoms with Gasteiger partial charge in [-0.2, -0.15) is 0 Å². The Kier molecular flexibility index (Phi) is 7.17. The van der Waals surface area contributed by atoms with E-state index in [0.29, 0.717) is 11.3 Å². The van der Waals surface area contributed by atoms with Crippen LogP contribution in [0.5, 0.6) is 0 Å². The number of ether oxygens (including phenoxy) is 1. The summed E-state index contributed by atoms with van der Waals surface area (Å²) in [6.45, 7) is 10.4. The van der Waals surface area contributed by atoms with Crippen LogP contribution in [0.25, 0.3) is 0 Å². The van der Waals surface area contributed by atoms with Crippen LogP contribution in [0.4, 0.5) is 10.5 Å². The van der Waals surface area contributed by atoms with Crippen LogP contribution in [0, 0.1) is 0 Å². The van der Waals surface area contributed by atoms with E-state index >= 15 is 0 Å². The van der Waals surface area contributed by atoms with Gasteiger partial charge in [0.25, 0.3) is 5.91 Å². The fraction of sp³-hybridized carbons (Fsp3) is 0.389. The van der Waals surface area contributed by atoms with Crippen LogP contribution < -0.4 is 16.0 Å². The second kappa shape index (κ2) is 8.86. The van der Waals surface area contributed by atoms with E-state index in [2.05, 4.69) is 22.5 Å². The van der Waals surface area contributed by atoms with Gasteiger partial charge in [-0.15, -0.1) is 0 Å². The smallest absolute Gasteiger partial charge is 0.408 e. The molecule has 3 N–H and O–H groups in total. The molecule has 0 aliphatic carbocycles. The van der Waals surface area contributed by atoms with E-state index < -0.39 is 11.7 Å². The van der Waals surface area contributed by atoms with Crippen molar-refractivity contribution >= 4 is 23.6 Å². The zero-order valence-electron chi connectivity index (χ0n) is 15.1. The molecule has 0 aromatic heterocycles. The van der Waals surface area contributed by atoms with Crippen molar-refractivity contribution in [3.63, 3.8) is 0 Å². The molecule has 3 amide bonds. The van der Waals surface area contributed by atoms with Gasteiger partial charge in [0, 0.05) is 17.8 Å². The van der Waals surface area contributed by atoms with Gasteiger partial charge in [-0.1, -0.05) is 24.8 Å². The number of rotatable bonds is 6. The molecule has 25 heavy (non-hydrogen) atoms. The lowest BCUT2D eigenvalue weighted by molar-refractivity contribution is -0.120. The van der Waals surface area contributed by atoms with E-state index in [0.717, 1.165) is 5.56 Å². The molecule has 0 heterocycles. The molecule has 0 aliphatic heterocycles. The first-order valence-corrected chi connectivity index (χ1v) is 7.87. The van der Waals surface area contributed by atoms with Crippen LogP contribution in [-0.2, 0) is 20.9 Å². The van der Waals surface area contributed by atoms with Crippen LogP contribution in [0.1, 0.15) is 33.3 Å². The standard InChI is InChI=1S/C18H25N3O4/c1-12(2)16(23)21-14-9-7-6-8-13(14)10-19-15(22)11-20-17(24)25-18(3,4)5/h6-9H,1,10-11H2,2-5H3,(H,19,22)(H,20,24)(H,21,23). The molecule has 0 saturated carbocycles. The Hall–Kier alpha value is -2.83. The summed E-state index contributed by atoms with van der Waals surface area (Å²) >= 11 is 0. The molecule has 136 valence electrons. The van der Waals surface area contributed by atoms with Gasteiger partial charge < -0.3 is 20.7 Å². The van der Waals surface area contributed by atoms with E-state index in [4.69, 9.17) is 4.74 Å². The van der Waals surface area contributed by atoms with Gasteiger partial charge >= 0.3 is 6.09 Å². The van der Waals surface area contributed by atoms with Crippen molar-refractivity contribution < 1.29 is 19.1 Å². The zero-order valence-corrected chi connectivity index (χ0v) is 15.1. The third-order valence-electron chi connectivity index (χ3n) is 2.92. The molecule has 7 nitrogen and oxygen atoms in total. The van der Waals surface area contributed by atoms with E-state index in [9.17, 15) is 14.4 Å². The summed E-state index contributed by atoms with van der Waals surface area (Å²) in [6.07, 6.45) is -0.656. The number of benzene rings is 1. The van der Waals surface area contributed by atoms with Gasteiger partial charge in [0.1, 0.15) is 12.1 Å². The van der Waals surface area contributed by atoms with Crippen molar-refractivity contribution in [3.8, 4) is 0 Å². The highest BCUT2D eigenvalue weighted by atomic mass is 16.6. The lowest BCUT2D eigenvalue weighted by Crippen LogP contribution is -2.39. The van der Waals surface area contributed by atoms with Crippen molar-refractivity contribution in [2.45, 2.75) is 39.8 Å². The monoisotopic (exact) mass is 347 g/mol. The fourth-order valence-corrected chi connectivity index (χ4v) is 1.75. The van der Waals surface area contributed by atoms with Crippen LogP contribution in [0.2, 0.25) is 0 Å². The molecule has 0 atom stereocenters. The summed E-state index contributed by atoms with van der Waals surface area (Å²) in [5.74, 6) is -0.655. The molecule has 0 radical (unpaired) electrons. The summed E-state index contributed by atoms with van der Waals surface area (Å²) in [6, 6.07) is 7.11. The van der Waals surface area contributed by atoms with E-state index in [1.54, 1.807) is 52.0 Å². The molecular weight excluding hydrogens is 322 g/mol. The SMILES string of the molecule is C=C(C)C(=O)Nc1ccccc1CNC(=O)CNC(=O)OC(C)(C)C. The molecule has 0 fully saturated rings. The first-order chi connectivity index (χ1) is 11.6. The summed E-state index contributed by atoms with van der Waals surface area (Å²) in [7, 11) is 0. The molecule has 0 bridgehead atoms. The number of hydrogen-bond donors (Lipinski definition) is 3. The Labute approximate surface area is 147 Å². The minimum absolute atomic E-state index is 0.199. The highest BCUT2D eigenvalue weighted by molar-refractivity contribution is 6.03. The number of carbonyl (C=O) groups excluding carboxylic acids is 3. The number of carbonyl (C=O) groups is 3. The summed E-state index contributed by atoms with van der Waals surface area (Å²) in [5, 5.41) is 7.79. The maximum atomic E-state index is 11.8. The molecule has 7 heteroatoms. The fourth-order valence-electron chi connectivity index (χ4n) is 1.75. The van der Waals surface area contributed by atoms with Crippen LogP contribution in [0.3, 0.4) is 0 Å². The summed E-state index contributed by atoms with van der Waals surface area (Å²) in [5.41, 5.74) is 1.10. The molecule has 0 aliphatic rings. The van der Waals surface area contributed by atoms with Gasteiger partial charge in [-0.25, -0.2) is 4.79 Å².